The molecule has 0 unspecified atom stereocenters. The van der Waals surface area contributed by atoms with Crippen LogP contribution in [-0.4, -0.2) is 0 Å². The highest BCUT2D eigenvalue weighted by Gasteiger charge is 2.10. The molecule has 0 aromatic heterocycles. The zero-order chi connectivity index (χ0) is 11.5. The van der Waals surface area contributed by atoms with Crippen LogP contribution in [0.3, 0.4) is 0 Å². The van der Waals surface area contributed by atoms with Crippen molar-refractivity contribution in [3.8, 4) is 11.1 Å². The third kappa shape index (κ3) is 1.99. The van der Waals surface area contributed by atoms with E-state index < -0.39 is 0 Å². The van der Waals surface area contributed by atoms with E-state index in [1.165, 1.54) is 11.6 Å². The lowest BCUT2D eigenvalue weighted by Gasteiger charge is -2.13. The lowest BCUT2D eigenvalue weighted by atomic mass is 9.92. The molecule has 0 aliphatic heterocycles. The van der Waals surface area contributed by atoms with Crippen LogP contribution in [0.4, 0.5) is 4.39 Å². The second kappa shape index (κ2) is 4.48. The minimum absolute atomic E-state index is 0.157. The van der Waals surface area contributed by atoms with Gasteiger partial charge in [0.2, 0.25) is 0 Å². The monoisotopic (exact) mass is 214 g/mol. The average Bonchev–Trinajstić information content (AvgIpc) is 2.29. The van der Waals surface area contributed by atoms with Crippen LogP contribution in [0.5, 0.6) is 0 Å². The Morgan fingerprint density at radius 2 is 1.38 bits per heavy atom. The fourth-order valence-electron chi connectivity index (χ4n) is 1.93. The Labute approximate surface area is 95.7 Å². The van der Waals surface area contributed by atoms with Gasteiger partial charge >= 0.3 is 0 Å². The molecule has 0 spiro atoms. The molecule has 0 atom stereocenters. The summed E-state index contributed by atoms with van der Waals surface area (Å²) in [5.74, 6) is 0.242. The van der Waals surface area contributed by atoms with Crippen molar-refractivity contribution in [1.82, 2.24) is 0 Å². The van der Waals surface area contributed by atoms with E-state index in [1.807, 2.05) is 30.3 Å². The van der Waals surface area contributed by atoms with Crippen LogP contribution in [-0.2, 0) is 0 Å². The van der Waals surface area contributed by atoms with Crippen molar-refractivity contribution >= 4 is 0 Å². The van der Waals surface area contributed by atoms with Gasteiger partial charge in [0.15, 0.2) is 0 Å². The summed E-state index contributed by atoms with van der Waals surface area (Å²) < 4.78 is 13.7. The molecule has 16 heavy (non-hydrogen) atoms. The molecule has 0 bridgehead atoms. The summed E-state index contributed by atoms with van der Waals surface area (Å²) in [6.07, 6.45) is 0. The van der Waals surface area contributed by atoms with Gasteiger partial charge in [-0.1, -0.05) is 56.3 Å². The highest BCUT2D eigenvalue weighted by atomic mass is 19.1. The third-order valence-corrected chi connectivity index (χ3v) is 2.75. The van der Waals surface area contributed by atoms with Crippen LogP contribution in [0, 0.1) is 5.82 Å². The summed E-state index contributed by atoms with van der Waals surface area (Å²) in [6.45, 7) is 4.25. The van der Waals surface area contributed by atoms with Crippen molar-refractivity contribution in [2.75, 3.05) is 0 Å². The van der Waals surface area contributed by atoms with Crippen molar-refractivity contribution in [2.24, 2.45) is 0 Å². The molecule has 0 nitrogen and oxygen atoms in total. The second-order valence-corrected chi connectivity index (χ2v) is 4.22. The minimum Gasteiger partial charge on any atom is -0.206 e. The summed E-state index contributed by atoms with van der Waals surface area (Å²) in [4.78, 5) is 0. The van der Waals surface area contributed by atoms with Gasteiger partial charge < -0.3 is 0 Å². The maximum absolute atomic E-state index is 13.7. The molecule has 0 heterocycles. The Hall–Kier alpha value is -1.63. The predicted molar refractivity (Wildman–Crippen MR) is 65.9 cm³/mol. The van der Waals surface area contributed by atoms with E-state index in [0.717, 1.165) is 5.56 Å². The zero-order valence-corrected chi connectivity index (χ0v) is 9.57. The van der Waals surface area contributed by atoms with Gasteiger partial charge in [-0.2, -0.15) is 0 Å². The molecule has 1 heteroatoms. The first-order valence-corrected chi connectivity index (χ1v) is 5.54. The molecule has 0 aliphatic carbocycles. The van der Waals surface area contributed by atoms with E-state index in [9.17, 15) is 4.39 Å². The van der Waals surface area contributed by atoms with Crippen LogP contribution in [0.15, 0.2) is 48.5 Å². The lowest BCUT2D eigenvalue weighted by Crippen LogP contribution is -1.93. The highest BCUT2D eigenvalue weighted by Crippen LogP contribution is 2.30. The summed E-state index contributed by atoms with van der Waals surface area (Å²) in [7, 11) is 0. The van der Waals surface area contributed by atoms with Gasteiger partial charge in [-0.15, -0.1) is 0 Å². The SMILES string of the molecule is CC(C)c1ccccc1-c1ccccc1F. The molecule has 0 amide bonds. The lowest BCUT2D eigenvalue weighted by molar-refractivity contribution is 0.631. The van der Waals surface area contributed by atoms with Gasteiger partial charge in [0, 0.05) is 5.56 Å². The molecule has 0 saturated heterocycles. The first-order chi connectivity index (χ1) is 7.70. The largest absolute Gasteiger partial charge is 0.206 e. The average molecular weight is 214 g/mol. The minimum atomic E-state index is -0.157. The van der Waals surface area contributed by atoms with Gasteiger partial charge in [0.05, 0.1) is 0 Å². The Bertz CT molecular complexity index is 486. The number of hydrogen-bond donors (Lipinski definition) is 0. The quantitative estimate of drug-likeness (QED) is 0.684. The maximum atomic E-state index is 13.7. The molecular weight excluding hydrogens is 199 g/mol. The predicted octanol–water partition coefficient (Wildman–Crippen LogP) is 4.62. The van der Waals surface area contributed by atoms with Crippen LogP contribution in [0.25, 0.3) is 11.1 Å². The van der Waals surface area contributed by atoms with E-state index in [4.69, 9.17) is 0 Å². The van der Waals surface area contributed by atoms with E-state index in [-0.39, 0.29) is 5.82 Å². The summed E-state index contributed by atoms with van der Waals surface area (Å²) in [5, 5.41) is 0. The molecule has 2 aromatic rings. The molecule has 0 fully saturated rings. The van der Waals surface area contributed by atoms with Crippen LogP contribution < -0.4 is 0 Å². The Morgan fingerprint density at radius 3 is 2.00 bits per heavy atom. The number of halogens is 1. The van der Waals surface area contributed by atoms with Gasteiger partial charge in [-0.25, -0.2) is 4.39 Å². The topological polar surface area (TPSA) is 0 Å². The fourth-order valence-corrected chi connectivity index (χ4v) is 1.93. The van der Waals surface area contributed by atoms with Crippen molar-refractivity contribution in [3.63, 3.8) is 0 Å². The van der Waals surface area contributed by atoms with Crippen LogP contribution in [0.1, 0.15) is 25.3 Å². The molecule has 82 valence electrons. The standard InChI is InChI=1S/C15H15F/c1-11(2)12-7-3-4-8-13(12)14-9-5-6-10-15(14)16/h3-11H,1-2H3. The first kappa shape index (κ1) is 10.9. The van der Waals surface area contributed by atoms with E-state index in [2.05, 4.69) is 19.9 Å². The smallest absolute Gasteiger partial charge is 0.131 e. The van der Waals surface area contributed by atoms with E-state index in [0.29, 0.717) is 11.5 Å². The van der Waals surface area contributed by atoms with E-state index >= 15 is 0 Å². The van der Waals surface area contributed by atoms with Crippen LogP contribution >= 0.6 is 0 Å². The molecule has 0 radical (unpaired) electrons. The second-order valence-electron chi connectivity index (χ2n) is 4.22. The third-order valence-electron chi connectivity index (χ3n) is 2.75. The molecule has 2 aromatic carbocycles. The summed E-state index contributed by atoms with van der Waals surface area (Å²) >= 11 is 0. The van der Waals surface area contributed by atoms with Gasteiger partial charge in [-0.05, 0) is 23.1 Å². The van der Waals surface area contributed by atoms with Gasteiger partial charge in [0.25, 0.3) is 0 Å². The number of benzene rings is 2. The fraction of sp³-hybridized carbons (Fsp3) is 0.200. The van der Waals surface area contributed by atoms with Crippen molar-refractivity contribution in [2.45, 2.75) is 19.8 Å². The summed E-state index contributed by atoms with van der Waals surface area (Å²) in [5.41, 5.74) is 2.87. The Morgan fingerprint density at radius 1 is 0.812 bits per heavy atom. The zero-order valence-electron chi connectivity index (χ0n) is 9.57. The van der Waals surface area contributed by atoms with Gasteiger partial charge in [0.1, 0.15) is 5.82 Å². The number of hydrogen-bond acceptors (Lipinski definition) is 0. The van der Waals surface area contributed by atoms with Crippen molar-refractivity contribution in [3.05, 3.63) is 59.9 Å². The van der Waals surface area contributed by atoms with Gasteiger partial charge in [-0.3, -0.25) is 0 Å². The first-order valence-electron chi connectivity index (χ1n) is 5.54. The van der Waals surface area contributed by atoms with Crippen LogP contribution in [0.2, 0.25) is 0 Å². The number of rotatable bonds is 2. The highest BCUT2D eigenvalue weighted by molar-refractivity contribution is 5.68. The molecule has 2 rings (SSSR count). The van der Waals surface area contributed by atoms with Crippen molar-refractivity contribution < 1.29 is 4.39 Å². The molecular formula is C15H15F. The Balaban J connectivity index is 2.60. The normalized spacial score (nSPS) is 10.8. The van der Waals surface area contributed by atoms with E-state index in [1.54, 1.807) is 6.07 Å². The molecule has 0 saturated carbocycles. The summed E-state index contributed by atoms with van der Waals surface area (Å²) in [6, 6.07) is 14.9. The van der Waals surface area contributed by atoms with Crippen molar-refractivity contribution in [1.29, 1.82) is 0 Å². The molecule has 0 N–H and O–H groups in total. The maximum Gasteiger partial charge on any atom is 0.131 e. The Kier molecular flexibility index (Phi) is 3.04. The molecule has 0 aliphatic rings.